The average Bonchev–Trinajstić information content (AvgIpc) is 2.93. The first-order chi connectivity index (χ1) is 10.5. The van der Waals surface area contributed by atoms with Gasteiger partial charge in [0.25, 0.3) is 0 Å². The molecule has 1 aromatic rings. The van der Waals surface area contributed by atoms with Crippen molar-refractivity contribution in [1.29, 1.82) is 0 Å². The number of rotatable bonds is 5. The Morgan fingerprint density at radius 3 is 2.91 bits per heavy atom. The van der Waals surface area contributed by atoms with Gasteiger partial charge in [-0.05, 0) is 60.3 Å². The number of hydrogen-bond acceptors (Lipinski definition) is 2. The van der Waals surface area contributed by atoms with E-state index in [9.17, 15) is 4.39 Å². The van der Waals surface area contributed by atoms with Crippen LogP contribution in [0.3, 0.4) is 0 Å². The maximum atomic E-state index is 13.5. The van der Waals surface area contributed by atoms with Crippen LogP contribution < -0.4 is 10.6 Å². The second-order valence-corrected chi connectivity index (χ2v) is 6.55. The predicted molar refractivity (Wildman–Crippen MR) is 90.5 cm³/mol. The lowest BCUT2D eigenvalue weighted by Crippen LogP contribution is -2.45. The van der Waals surface area contributed by atoms with E-state index in [-0.39, 0.29) is 11.4 Å². The number of hydrogen-bond donors (Lipinski definition) is 2. The predicted octanol–water partition coefficient (Wildman–Crippen LogP) is 3.21. The first kappa shape index (κ1) is 17.2. The van der Waals surface area contributed by atoms with E-state index in [1.165, 1.54) is 6.07 Å². The van der Waals surface area contributed by atoms with Gasteiger partial charge in [0, 0.05) is 19.7 Å². The van der Waals surface area contributed by atoms with E-state index in [0.29, 0.717) is 17.6 Å². The molecule has 4 nitrogen and oxygen atoms in total. The number of aliphatic imine (C=N–C) groups is 1. The second-order valence-electron chi connectivity index (χ2n) is 5.70. The highest BCUT2D eigenvalue weighted by Gasteiger charge is 2.29. The van der Waals surface area contributed by atoms with Crippen molar-refractivity contribution in [1.82, 2.24) is 10.6 Å². The fourth-order valence-corrected chi connectivity index (χ4v) is 2.64. The lowest BCUT2D eigenvalue weighted by Gasteiger charge is -2.24. The van der Waals surface area contributed by atoms with Gasteiger partial charge in [0.05, 0.1) is 16.6 Å². The molecule has 1 unspecified atom stereocenters. The summed E-state index contributed by atoms with van der Waals surface area (Å²) in [5, 5.41) is 6.51. The van der Waals surface area contributed by atoms with Crippen molar-refractivity contribution in [2.24, 2.45) is 4.99 Å². The number of guanidine groups is 1. The van der Waals surface area contributed by atoms with Crippen LogP contribution >= 0.6 is 15.9 Å². The maximum absolute atomic E-state index is 13.5. The Morgan fingerprint density at radius 2 is 2.27 bits per heavy atom. The van der Waals surface area contributed by atoms with E-state index in [1.54, 1.807) is 6.07 Å². The Hall–Kier alpha value is -1.14. The molecule has 2 N–H and O–H groups in total. The fraction of sp³-hybridized carbons (Fsp3) is 0.562. The quantitative estimate of drug-likeness (QED) is 0.616. The fourth-order valence-electron chi connectivity index (χ4n) is 2.40. The standard InChI is InChI=1S/C16H23BrFN3O/c1-3-19-15(21-11-16(2)7-4-8-22-16)20-10-12-5-6-13(17)14(18)9-12/h5-6,9H,3-4,7-8,10-11H2,1-2H3,(H2,19,20,21). The van der Waals surface area contributed by atoms with Crippen molar-refractivity contribution in [2.75, 3.05) is 19.7 Å². The third-order valence-corrected chi connectivity index (χ3v) is 4.32. The van der Waals surface area contributed by atoms with Gasteiger partial charge in [-0.1, -0.05) is 6.07 Å². The van der Waals surface area contributed by atoms with E-state index in [0.717, 1.165) is 37.5 Å². The molecule has 0 radical (unpaired) electrons. The molecule has 0 aliphatic carbocycles. The van der Waals surface area contributed by atoms with Gasteiger partial charge in [-0.15, -0.1) is 0 Å². The van der Waals surface area contributed by atoms with E-state index < -0.39 is 0 Å². The molecule has 0 bridgehead atoms. The first-order valence-electron chi connectivity index (χ1n) is 7.62. The van der Waals surface area contributed by atoms with Gasteiger partial charge in [0.2, 0.25) is 0 Å². The summed E-state index contributed by atoms with van der Waals surface area (Å²) in [6.07, 6.45) is 2.15. The van der Waals surface area contributed by atoms with Crippen LogP contribution in [0.4, 0.5) is 4.39 Å². The Bertz CT molecular complexity index is 530. The van der Waals surface area contributed by atoms with Crippen LogP contribution in [0.15, 0.2) is 27.7 Å². The van der Waals surface area contributed by atoms with Crippen molar-refractivity contribution in [3.63, 3.8) is 0 Å². The number of nitrogens with one attached hydrogen (secondary N) is 2. The summed E-state index contributed by atoms with van der Waals surface area (Å²) in [4.78, 5) is 4.50. The zero-order valence-electron chi connectivity index (χ0n) is 13.1. The summed E-state index contributed by atoms with van der Waals surface area (Å²) < 4.78 is 19.7. The molecule has 1 aromatic carbocycles. The number of benzene rings is 1. The van der Waals surface area contributed by atoms with Crippen LogP contribution in [0.25, 0.3) is 0 Å². The molecular weight excluding hydrogens is 349 g/mol. The zero-order chi connectivity index (χ0) is 16.0. The largest absolute Gasteiger partial charge is 0.373 e. The number of nitrogens with zero attached hydrogens (tertiary/aromatic N) is 1. The van der Waals surface area contributed by atoms with Crippen molar-refractivity contribution in [3.8, 4) is 0 Å². The highest BCUT2D eigenvalue weighted by Crippen LogP contribution is 2.23. The highest BCUT2D eigenvalue weighted by atomic mass is 79.9. The Morgan fingerprint density at radius 1 is 1.45 bits per heavy atom. The first-order valence-corrected chi connectivity index (χ1v) is 8.42. The van der Waals surface area contributed by atoms with E-state index >= 15 is 0 Å². The summed E-state index contributed by atoms with van der Waals surface area (Å²) in [5.74, 6) is 0.458. The molecule has 1 aliphatic heterocycles. The Labute approximate surface area is 139 Å². The van der Waals surface area contributed by atoms with Crippen LogP contribution in [0, 0.1) is 5.82 Å². The third-order valence-electron chi connectivity index (χ3n) is 3.68. The molecule has 1 aliphatic rings. The van der Waals surface area contributed by atoms with E-state index in [1.807, 2.05) is 13.0 Å². The molecular formula is C16H23BrFN3O. The molecule has 122 valence electrons. The smallest absolute Gasteiger partial charge is 0.191 e. The summed E-state index contributed by atoms with van der Waals surface area (Å²) in [7, 11) is 0. The molecule has 0 saturated carbocycles. The van der Waals surface area contributed by atoms with E-state index in [4.69, 9.17) is 4.74 Å². The monoisotopic (exact) mass is 371 g/mol. The topological polar surface area (TPSA) is 45.7 Å². The Balaban J connectivity index is 1.95. The van der Waals surface area contributed by atoms with Crippen molar-refractivity contribution in [3.05, 3.63) is 34.1 Å². The number of halogens is 2. The summed E-state index contributed by atoms with van der Waals surface area (Å²) in [6, 6.07) is 5.06. The summed E-state index contributed by atoms with van der Waals surface area (Å²) in [6.45, 7) is 6.87. The molecule has 22 heavy (non-hydrogen) atoms. The molecule has 1 atom stereocenters. The van der Waals surface area contributed by atoms with Gasteiger partial charge >= 0.3 is 0 Å². The average molecular weight is 372 g/mol. The molecule has 0 spiro atoms. The normalized spacial score (nSPS) is 21.9. The lowest BCUT2D eigenvalue weighted by atomic mass is 10.0. The van der Waals surface area contributed by atoms with Gasteiger partial charge in [-0.2, -0.15) is 0 Å². The summed E-state index contributed by atoms with van der Waals surface area (Å²) >= 11 is 3.15. The third kappa shape index (κ3) is 4.95. The van der Waals surface area contributed by atoms with Gasteiger partial charge in [0.1, 0.15) is 5.82 Å². The van der Waals surface area contributed by atoms with Gasteiger partial charge in [-0.3, -0.25) is 0 Å². The molecule has 2 rings (SSSR count). The minimum atomic E-state index is -0.266. The van der Waals surface area contributed by atoms with Crippen LogP contribution in [-0.2, 0) is 11.3 Å². The zero-order valence-corrected chi connectivity index (χ0v) is 14.7. The Kier molecular flexibility index (Phi) is 6.20. The maximum Gasteiger partial charge on any atom is 0.191 e. The van der Waals surface area contributed by atoms with Crippen molar-refractivity contribution >= 4 is 21.9 Å². The van der Waals surface area contributed by atoms with E-state index in [2.05, 4.69) is 38.5 Å². The molecule has 1 heterocycles. The molecule has 0 amide bonds. The SMILES string of the molecule is CCNC(=NCc1ccc(Br)c(F)c1)NCC1(C)CCCO1. The molecule has 1 fully saturated rings. The summed E-state index contributed by atoms with van der Waals surface area (Å²) in [5.41, 5.74) is 0.709. The van der Waals surface area contributed by atoms with Crippen LogP contribution in [0.1, 0.15) is 32.3 Å². The molecule has 6 heteroatoms. The highest BCUT2D eigenvalue weighted by molar-refractivity contribution is 9.10. The minimum Gasteiger partial charge on any atom is -0.373 e. The van der Waals surface area contributed by atoms with Gasteiger partial charge in [-0.25, -0.2) is 9.38 Å². The number of ether oxygens (including phenoxy) is 1. The van der Waals surface area contributed by atoms with Crippen LogP contribution in [0.2, 0.25) is 0 Å². The minimum absolute atomic E-state index is 0.125. The van der Waals surface area contributed by atoms with Crippen molar-refractivity contribution in [2.45, 2.75) is 38.8 Å². The van der Waals surface area contributed by atoms with Crippen LogP contribution in [-0.4, -0.2) is 31.3 Å². The second kappa shape index (κ2) is 7.92. The van der Waals surface area contributed by atoms with Gasteiger partial charge in [0.15, 0.2) is 5.96 Å². The van der Waals surface area contributed by atoms with Crippen LogP contribution in [0.5, 0.6) is 0 Å². The van der Waals surface area contributed by atoms with Gasteiger partial charge < -0.3 is 15.4 Å². The van der Waals surface area contributed by atoms with Crippen molar-refractivity contribution < 1.29 is 9.13 Å². The molecule has 0 aromatic heterocycles. The molecule has 1 saturated heterocycles. The lowest BCUT2D eigenvalue weighted by molar-refractivity contribution is 0.0243.